The molecule has 2 saturated heterocycles. The van der Waals surface area contributed by atoms with Gasteiger partial charge < -0.3 is 40.2 Å². The maximum absolute atomic E-state index is 13.9. The van der Waals surface area contributed by atoms with Gasteiger partial charge in [-0.15, -0.1) is 0 Å². The van der Waals surface area contributed by atoms with Gasteiger partial charge in [0.25, 0.3) is 0 Å². The zero-order chi connectivity index (χ0) is 41.3. The fraction of sp³-hybridized carbons (Fsp3) is 0.422. The molecule has 306 valence electrons. The van der Waals surface area contributed by atoms with E-state index in [0.29, 0.717) is 17.7 Å². The van der Waals surface area contributed by atoms with E-state index in [1.807, 2.05) is 43.7 Å². The van der Waals surface area contributed by atoms with E-state index >= 15 is 0 Å². The van der Waals surface area contributed by atoms with E-state index in [-0.39, 0.29) is 47.8 Å². The average molecular weight is 799 g/mol. The molecular weight excluding hydrogens is 749 g/mol. The number of carboxylic acid groups (broad SMARTS) is 1. The van der Waals surface area contributed by atoms with Crippen molar-refractivity contribution in [3.63, 3.8) is 0 Å². The van der Waals surface area contributed by atoms with Crippen molar-refractivity contribution in [3.05, 3.63) is 84.7 Å². The Morgan fingerprint density at radius 3 is 1.71 bits per heavy atom. The standard InChI is InChI=1S/C45H50N8O6/c1-22(2)38(50-44(56)57)42(54)52-34-16-26(34)18-36(52)40-46-20-32(48-40)25-14-12-24(13-15-25)28-8-6-10-30-29(28)9-7-11-31(30)33-21-47-41(49-33)37-19-27-17-35(27)53(37)43(55)39(23(3)4)51-45(58)59-5/h6-15,20-23,26-27,34-39,50H,16-19H2,1-5H3,(H,46,48)(H,47,49)(H,51,58)(H,56,57)/t26-,27-,34-,35-,36+,37+,38?,39?/m1/s1. The zero-order valence-electron chi connectivity index (χ0n) is 33.8. The van der Waals surface area contributed by atoms with Crippen LogP contribution < -0.4 is 10.6 Å². The Hall–Kier alpha value is -6.18. The summed E-state index contributed by atoms with van der Waals surface area (Å²) in [5.74, 6) is 1.69. The highest BCUT2D eigenvalue weighted by Gasteiger charge is 2.57. The summed E-state index contributed by atoms with van der Waals surface area (Å²) in [5, 5.41) is 16.7. The number of benzene rings is 3. The highest BCUT2D eigenvalue weighted by molar-refractivity contribution is 6.04. The van der Waals surface area contributed by atoms with Crippen LogP contribution >= 0.6 is 0 Å². The van der Waals surface area contributed by atoms with Crippen molar-refractivity contribution >= 4 is 34.8 Å². The van der Waals surface area contributed by atoms with E-state index in [9.17, 15) is 24.3 Å². The van der Waals surface area contributed by atoms with Crippen molar-refractivity contribution in [2.24, 2.45) is 23.7 Å². The number of H-pyrrole nitrogens is 2. The predicted octanol–water partition coefficient (Wildman–Crippen LogP) is 7.28. The number of hydrogen-bond donors (Lipinski definition) is 5. The average Bonchev–Trinajstić information content (AvgIpc) is 3.82. The Labute approximate surface area is 342 Å². The summed E-state index contributed by atoms with van der Waals surface area (Å²) in [6, 6.07) is 19.2. The molecule has 0 bridgehead atoms. The van der Waals surface area contributed by atoms with Crippen molar-refractivity contribution in [1.82, 2.24) is 40.4 Å². The molecule has 0 radical (unpaired) electrons. The van der Waals surface area contributed by atoms with Crippen LogP contribution in [0.1, 0.15) is 77.1 Å². The molecule has 14 heteroatoms. The van der Waals surface area contributed by atoms with Gasteiger partial charge in [0.1, 0.15) is 23.7 Å². The van der Waals surface area contributed by atoms with Gasteiger partial charge in [-0.3, -0.25) is 9.59 Å². The number of aromatic nitrogens is 4. The Bertz CT molecular complexity index is 2440. The first-order valence-electron chi connectivity index (χ1n) is 20.6. The topological polar surface area (TPSA) is 186 Å². The number of nitrogens with zero attached hydrogens (tertiary/aromatic N) is 4. The number of alkyl carbamates (subject to hydrolysis) is 1. The molecule has 2 unspecified atom stereocenters. The van der Waals surface area contributed by atoms with Crippen LogP contribution in [0.25, 0.3) is 44.4 Å². The summed E-state index contributed by atoms with van der Waals surface area (Å²) in [7, 11) is 1.30. The largest absolute Gasteiger partial charge is 0.465 e. The minimum atomic E-state index is -1.20. The van der Waals surface area contributed by atoms with Crippen molar-refractivity contribution < 1.29 is 29.0 Å². The fourth-order valence-electron chi connectivity index (χ4n) is 9.62. The van der Waals surface area contributed by atoms with E-state index in [2.05, 4.69) is 81.3 Å². The number of piperidine rings is 2. The Morgan fingerprint density at radius 2 is 1.17 bits per heavy atom. The van der Waals surface area contributed by atoms with Crippen LogP contribution in [0, 0.1) is 23.7 Å². The van der Waals surface area contributed by atoms with Gasteiger partial charge >= 0.3 is 12.2 Å². The van der Waals surface area contributed by atoms with E-state index in [1.54, 1.807) is 6.20 Å². The van der Waals surface area contributed by atoms with Crippen LogP contribution in [0.4, 0.5) is 9.59 Å². The number of carbonyl (C=O) groups excluding carboxylic acids is 3. The number of rotatable bonds is 11. The second-order valence-electron chi connectivity index (χ2n) is 17.3. The number of ether oxygens (including phenoxy) is 1. The highest BCUT2D eigenvalue weighted by Crippen LogP contribution is 2.54. The Balaban J connectivity index is 0.941. The number of imidazole rings is 2. The summed E-state index contributed by atoms with van der Waals surface area (Å²) in [4.78, 5) is 71.6. The summed E-state index contributed by atoms with van der Waals surface area (Å²) in [5.41, 5.74) is 5.82. The molecule has 0 spiro atoms. The molecule has 59 heavy (non-hydrogen) atoms. The molecule has 4 fully saturated rings. The molecule has 2 saturated carbocycles. The fourth-order valence-corrected chi connectivity index (χ4v) is 9.62. The van der Waals surface area contributed by atoms with Gasteiger partial charge in [-0.1, -0.05) is 88.4 Å². The number of aromatic amines is 2. The van der Waals surface area contributed by atoms with Gasteiger partial charge in [0, 0.05) is 17.6 Å². The highest BCUT2D eigenvalue weighted by atomic mass is 16.5. The Morgan fingerprint density at radius 1 is 0.678 bits per heavy atom. The van der Waals surface area contributed by atoms with E-state index in [0.717, 1.165) is 75.9 Å². The second kappa shape index (κ2) is 14.9. The quantitative estimate of drug-likeness (QED) is 0.0923. The minimum Gasteiger partial charge on any atom is -0.465 e. The first kappa shape index (κ1) is 38.3. The van der Waals surface area contributed by atoms with Crippen molar-refractivity contribution in [3.8, 4) is 33.6 Å². The minimum absolute atomic E-state index is 0.108. The van der Waals surface area contributed by atoms with Crippen molar-refractivity contribution in [2.45, 2.75) is 89.6 Å². The third-order valence-corrected chi connectivity index (χ3v) is 12.9. The molecular formula is C45H50N8O6. The zero-order valence-corrected chi connectivity index (χ0v) is 33.8. The number of fused-ring (bicyclic) bond motifs is 3. The van der Waals surface area contributed by atoms with Gasteiger partial charge in [-0.25, -0.2) is 19.6 Å². The summed E-state index contributed by atoms with van der Waals surface area (Å²) < 4.78 is 4.82. The van der Waals surface area contributed by atoms with Crippen molar-refractivity contribution in [1.29, 1.82) is 0 Å². The van der Waals surface area contributed by atoms with Crippen LogP contribution in [-0.4, -0.2) is 90.1 Å². The van der Waals surface area contributed by atoms with Crippen LogP contribution in [0.2, 0.25) is 0 Å². The molecule has 4 heterocycles. The smallest absolute Gasteiger partial charge is 0.407 e. The van der Waals surface area contributed by atoms with E-state index in [4.69, 9.17) is 14.7 Å². The molecule has 14 nitrogen and oxygen atoms in total. The lowest BCUT2D eigenvalue weighted by molar-refractivity contribution is -0.137. The second-order valence-corrected chi connectivity index (χ2v) is 17.3. The third-order valence-electron chi connectivity index (χ3n) is 12.9. The van der Waals surface area contributed by atoms with Crippen molar-refractivity contribution in [2.75, 3.05) is 7.11 Å². The Kier molecular flexibility index (Phi) is 9.67. The van der Waals surface area contributed by atoms with Crippen LogP contribution in [0.5, 0.6) is 0 Å². The van der Waals surface area contributed by atoms with Crippen LogP contribution in [0.15, 0.2) is 73.1 Å². The first-order chi connectivity index (χ1) is 28.4. The lowest BCUT2D eigenvalue weighted by atomic mass is 9.94. The molecule has 5 N–H and O–H groups in total. The summed E-state index contributed by atoms with van der Waals surface area (Å²) >= 11 is 0. The van der Waals surface area contributed by atoms with Gasteiger partial charge in [0.15, 0.2) is 0 Å². The number of likely N-dealkylation sites (tertiary alicyclic amines) is 2. The maximum atomic E-state index is 13.9. The monoisotopic (exact) mass is 798 g/mol. The van der Waals surface area contributed by atoms with Gasteiger partial charge in [0.05, 0.1) is 43.0 Å². The number of amides is 4. The predicted molar refractivity (Wildman–Crippen MR) is 221 cm³/mol. The van der Waals surface area contributed by atoms with E-state index in [1.165, 1.54) is 7.11 Å². The molecule has 9 rings (SSSR count). The molecule has 4 amide bonds. The lowest BCUT2D eigenvalue weighted by Gasteiger charge is -2.31. The maximum Gasteiger partial charge on any atom is 0.407 e. The summed E-state index contributed by atoms with van der Waals surface area (Å²) in [6.45, 7) is 7.54. The molecule has 4 aliphatic rings. The van der Waals surface area contributed by atoms with Crippen LogP contribution in [0.3, 0.4) is 0 Å². The molecule has 3 aromatic carbocycles. The van der Waals surface area contributed by atoms with E-state index < -0.39 is 24.3 Å². The normalized spacial score (nSPS) is 23.8. The van der Waals surface area contributed by atoms with Gasteiger partial charge in [0.2, 0.25) is 11.8 Å². The first-order valence-corrected chi connectivity index (χ1v) is 20.6. The number of carbonyl (C=O) groups is 4. The SMILES string of the molecule is COC(=O)NC(C(=O)N1[C@@H]2C[C@@H]2C[C@H]1c1ncc(-c2cccc3c(-c4ccc(-c5cnc([C@@H]6C[C@H]7C[C@H]7N6C(=O)C(NC(=O)O)C(C)C)[nH]5)cc4)cccc23)[nH]1)C(C)C. The number of methoxy groups -OCH3 is 1. The lowest BCUT2D eigenvalue weighted by Crippen LogP contribution is -2.52. The molecule has 2 aliphatic heterocycles. The molecule has 2 aliphatic carbocycles. The third kappa shape index (κ3) is 6.97. The van der Waals surface area contributed by atoms with Crippen LogP contribution in [-0.2, 0) is 14.3 Å². The summed E-state index contributed by atoms with van der Waals surface area (Å²) in [6.07, 6.45) is 5.37. The number of hydrogen-bond acceptors (Lipinski definition) is 7. The molecule has 2 aromatic heterocycles. The molecule has 8 atom stereocenters. The van der Waals surface area contributed by atoms with Gasteiger partial charge in [-0.2, -0.15) is 0 Å². The van der Waals surface area contributed by atoms with Gasteiger partial charge in [-0.05, 0) is 76.8 Å². The number of nitrogens with one attached hydrogen (secondary N) is 4. The molecule has 5 aromatic rings.